The van der Waals surface area contributed by atoms with E-state index in [0.717, 1.165) is 24.2 Å². The van der Waals surface area contributed by atoms with Gasteiger partial charge in [-0.15, -0.1) is 0 Å². The zero-order valence-corrected chi connectivity index (χ0v) is 15.9. The molecule has 3 heterocycles. The van der Waals surface area contributed by atoms with E-state index in [1.165, 1.54) is 0 Å². The molecule has 2 amide bonds. The highest BCUT2D eigenvalue weighted by atomic mass is 16.2. The number of H-pyrrole nitrogens is 1. The highest BCUT2D eigenvalue weighted by Crippen LogP contribution is 2.17. The quantitative estimate of drug-likeness (QED) is 0.859. The third kappa shape index (κ3) is 3.52. The molecule has 1 fully saturated rings. The lowest BCUT2D eigenvalue weighted by Crippen LogP contribution is -2.38. The number of amides is 2. The van der Waals surface area contributed by atoms with Gasteiger partial charge >= 0.3 is 0 Å². The molecule has 26 heavy (non-hydrogen) atoms. The van der Waals surface area contributed by atoms with E-state index in [0.29, 0.717) is 30.3 Å². The summed E-state index contributed by atoms with van der Waals surface area (Å²) in [5, 5.41) is 10.1. The fourth-order valence-corrected chi connectivity index (χ4v) is 3.44. The molecule has 2 aromatic rings. The summed E-state index contributed by atoms with van der Waals surface area (Å²) in [4.78, 5) is 26.9. The largest absolute Gasteiger partial charge is 0.354 e. The van der Waals surface area contributed by atoms with Gasteiger partial charge in [-0.2, -0.15) is 5.10 Å². The Kier molecular flexibility index (Phi) is 5.15. The summed E-state index contributed by atoms with van der Waals surface area (Å²) < 4.78 is 1.98. The van der Waals surface area contributed by atoms with Gasteiger partial charge < -0.3 is 14.8 Å². The third-order valence-electron chi connectivity index (χ3n) is 5.03. The van der Waals surface area contributed by atoms with Crippen LogP contribution in [-0.2, 0) is 13.5 Å². The van der Waals surface area contributed by atoms with Crippen LogP contribution in [-0.4, -0.2) is 50.6 Å². The minimum Gasteiger partial charge on any atom is -0.354 e. The zero-order valence-electron chi connectivity index (χ0n) is 15.9. The molecule has 0 radical (unpaired) electrons. The first-order chi connectivity index (χ1) is 12.4. The van der Waals surface area contributed by atoms with Gasteiger partial charge in [0.15, 0.2) is 0 Å². The van der Waals surface area contributed by atoms with E-state index < -0.39 is 0 Å². The Bertz CT molecular complexity index is 805. The van der Waals surface area contributed by atoms with Gasteiger partial charge in [0.1, 0.15) is 5.69 Å². The Morgan fingerprint density at radius 2 is 2.19 bits per heavy atom. The van der Waals surface area contributed by atoms with Crippen LogP contribution < -0.4 is 5.32 Å². The fraction of sp³-hybridized carbons (Fsp3) is 0.526. The van der Waals surface area contributed by atoms with Crippen molar-refractivity contribution in [1.82, 2.24) is 25.0 Å². The van der Waals surface area contributed by atoms with Crippen LogP contribution in [0.3, 0.4) is 0 Å². The predicted molar refractivity (Wildman–Crippen MR) is 99.2 cm³/mol. The highest BCUT2D eigenvalue weighted by molar-refractivity contribution is 5.96. The zero-order chi connectivity index (χ0) is 18.8. The van der Waals surface area contributed by atoms with Crippen LogP contribution in [0.25, 0.3) is 0 Å². The second-order valence-corrected chi connectivity index (χ2v) is 7.21. The third-order valence-corrected chi connectivity index (χ3v) is 5.03. The topological polar surface area (TPSA) is 83.0 Å². The van der Waals surface area contributed by atoms with Crippen molar-refractivity contribution < 1.29 is 9.59 Å². The molecule has 2 aromatic heterocycles. The molecule has 2 N–H and O–H groups in total. The molecular weight excluding hydrogens is 330 g/mol. The van der Waals surface area contributed by atoms with Crippen molar-refractivity contribution in [3.05, 3.63) is 41.0 Å². The summed E-state index contributed by atoms with van der Waals surface area (Å²) in [6.07, 6.45) is 3.47. The Morgan fingerprint density at radius 3 is 2.85 bits per heavy atom. The van der Waals surface area contributed by atoms with Crippen molar-refractivity contribution >= 4 is 11.8 Å². The maximum atomic E-state index is 12.6. The van der Waals surface area contributed by atoms with Crippen LogP contribution in [0.4, 0.5) is 0 Å². The maximum Gasteiger partial charge on any atom is 0.274 e. The minimum absolute atomic E-state index is 0.0279. The predicted octanol–water partition coefficient (Wildman–Crippen LogP) is 2.08. The number of carbonyl (C=O) groups is 2. The average Bonchev–Trinajstić information content (AvgIpc) is 3.33. The van der Waals surface area contributed by atoms with E-state index in [1.54, 1.807) is 4.90 Å². The Balaban J connectivity index is 1.61. The molecule has 1 saturated heterocycles. The number of aromatic amines is 1. The molecule has 0 aromatic carbocycles. The Labute approximate surface area is 153 Å². The van der Waals surface area contributed by atoms with E-state index >= 15 is 0 Å². The number of likely N-dealkylation sites (tertiary alicyclic amines) is 1. The first-order valence-electron chi connectivity index (χ1n) is 9.20. The lowest BCUT2D eigenvalue weighted by atomic mass is 10.1. The number of hydrogen-bond donors (Lipinski definition) is 2. The molecule has 0 bridgehead atoms. The Hall–Kier alpha value is -2.57. The summed E-state index contributed by atoms with van der Waals surface area (Å²) in [7, 11) is 1.95. The summed E-state index contributed by atoms with van der Waals surface area (Å²) in [6, 6.07) is 3.64. The van der Waals surface area contributed by atoms with Gasteiger partial charge in [-0.1, -0.05) is 20.8 Å². The molecule has 3 rings (SSSR count). The van der Waals surface area contributed by atoms with E-state index in [-0.39, 0.29) is 17.9 Å². The van der Waals surface area contributed by atoms with Crippen LogP contribution in [0.15, 0.2) is 18.3 Å². The van der Waals surface area contributed by atoms with Gasteiger partial charge in [-0.3, -0.25) is 14.7 Å². The van der Waals surface area contributed by atoms with Crippen molar-refractivity contribution in [3.63, 3.8) is 0 Å². The van der Waals surface area contributed by atoms with Gasteiger partial charge in [0.25, 0.3) is 11.8 Å². The summed E-state index contributed by atoms with van der Waals surface area (Å²) >= 11 is 0. The van der Waals surface area contributed by atoms with Crippen LogP contribution >= 0.6 is 0 Å². The normalized spacial score (nSPS) is 17.1. The van der Waals surface area contributed by atoms with Crippen molar-refractivity contribution in [2.24, 2.45) is 7.05 Å². The molecule has 0 spiro atoms. The highest BCUT2D eigenvalue weighted by Gasteiger charge is 2.30. The van der Waals surface area contributed by atoms with Crippen molar-refractivity contribution in [1.29, 1.82) is 0 Å². The smallest absolute Gasteiger partial charge is 0.274 e. The summed E-state index contributed by atoms with van der Waals surface area (Å²) in [5.74, 6) is 0.149. The second kappa shape index (κ2) is 7.35. The monoisotopic (exact) mass is 357 g/mol. The van der Waals surface area contributed by atoms with Gasteiger partial charge in [0.05, 0.1) is 5.56 Å². The molecule has 1 aliphatic rings. The molecule has 0 aliphatic carbocycles. The van der Waals surface area contributed by atoms with Crippen molar-refractivity contribution in [2.75, 3.05) is 13.1 Å². The van der Waals surface area contributed by atoms with Gasteiger partial charge in [-0.05, 0) is 30.9 Å². The van der Waals surface area contributed by atoms with E-state index in [2.05, 4.69) is 29.4 Å². The van der Waals surface area contributed by atoms with Gasteiger partial charge in [-0.25, -0.2) is 0 Å². The van der Waals surface area contributed by atoms with Crippen molar-refractivity contribution in [2.45, 2.75) is 45.6 Å². The number of nitrogens with one attached hydrogen (secondary N) is 2. The maximum absolute atomic E-state index is 12.6. The number of nitrogens with zero attached hydrogens (tertiary/aromatic N) is 3. The number of aryl methyl sites for hydroxylation is 1. The first kappa shape index (κ1) is 18.2. The lowest BCUT2D eigenvalue weighted by Gasteiger charge is -2.16. The molecule has 7 nitrogen and oxygen atoms in total. The molecule has 1 aliphatic heterocycles. The number of hydrogen-bond acceptors (Lipinski definition) is 3. The molecular formula is C19H27N5O2. The molecule has 1 unspecified atom stereocenters. The molecule has 0 saturated carbocycles. The molecule has 7 heteroatoms. The molecule has 1 atom stereocenters. The minimum atomic E-state index is -0.0844. The van der Waals surface area contributed by atoms with Crippen LogP contribution in [0.5, 0.6) is 0 Å². The second-order valence-electron chi connectivity index (χ2n) is 7.21. The van der Waals surface area contributed by atoms with Gasteiger partial charge in [0, 0.05) is 43.8 Å². The number of carbonyl (C=O) groups excluding carboxylic acids is 2. The van der Waals surface area contributed by atoms with Crippen LogP contribution in [0, 0.1) is 0 Å². The number of aromatic nitrogens is 3. The first-order valence-corrected chi connectivity index (χ1v) is 9.20. The van der Waals surface area contributed by atoms with Crippen molar-refractivity contribution in [3.8, 4) is 0 Å². The van der Waals surface area contributed by atoms with Crippen LogP contribution in [0.2, 0.25) is 0 Å². The van der Waals surface area contributed by atoms with E-state index in [1.807, 2.05) is 36.9 Å². The summed E-state index contributed by atoms with van der Waals surface area (Å²) in [5.41, 5.74) is 3.13. The van der Waals surface area contributed by atoms with E-state index in [4.69, 9.17) is 0 Å². The lowest BCUT2D eigenvalue weighted by molar-refractivity contribution is 0.0777. The van der Waals surface area contributed by atoms with Crippen LogP contribution in [0.1, 0.15) is 65.3 Å². The number of rotatable bonds is 5. The Morgan fingerprint density at radius 1 is 1.42 bits per heavy atom. The van der Waals surface area contributed by atoms with Gasteiger partial charge in [0.2, 0.25) is 0 Å². The molecule has 140 valence electrons. The van der Waals surface area contributed by atoms with E-state index in [9.17, 15) is 9.59 Å². The summed E-state index contributed by atoms with van der Waals surface area (Å²) in [6.45, 7) is 7.29. The fourth-order valence-electron chi connectivity index (χ4n) is 3.44. The SMILES string of the molecule is CCc1c(C(=O)NC2CCN(C(=O)c3cc(C(C)C)[nH]n3)C2)ccn1C. The standard InChI is InChI=1S/C19H27N5O2/c1-5-17-14(7-8-23(17)4)18(25)20-13-6-9-24(11-13)19(26)16-10-15(12(2)3)21-22-16/h7-8,10,12-13H,5-6,9,11H2,1-4H3,(H,20,25)(H,21,22). The average molecular weight is 357 g/mol.